The first-order valence-electron chi connectivity index (χ1n) is 12.4. The SMILES string of the molecule is COC(=O)C1=COC(OC2OC(COC(C)=O)C(OC(C)=O)C(OC(C)=O)C2OC(C)=O)C2C1CC(O)C2C. The molecule has 0 aromatic rings. The smallest absolute Gasteiger partial charge is 0.337 e. The third-order valence-electron chi connectivity index (χ3n) is 6.85. The lowest BCUT2D eigenvalue weighted by atomic mass is 9.83. The molecule has 1 N–H and O–H groups in total. The summed E-state index contributed by atoms with van der Waals surface area (Å²) < 4.78 is 44.0. The van der Waals surface area contributed by atoms with E-state index in [1.807, 2.05) is 0 Å². The summed E-state index contributed by atoms with van der Waals surface area (Å²) in [5, 5.41) is 10.6. The van der Waals surface area contributed by atoms with Crippen molar-refractivity contribution in [1.29, 1.82) is 0 Å². The Labute approximate surface area is 224 Å². The van der Waals surface area contributed by atoms with Crippen LogP contribution in [0, 0.1) is 17.8 Å². The van der Waals surface area contributed by atoms with E-state index in [4.69, 9.17) is 37.9 Å². The summed E-state index contributed by atoms with van der Waals surface area (Å²) in [6.45, 7) is 5.85. The van der Waals surface area contributed by atoms with Gasteiger partial charge < -0.3 is 43.0 Å². The molecule has 0 aromatic carbocycles. The molecule has 1 aliphatic carbocycles. The van der Waals surface area contributed by atoms with Crippen LogP contribution in [0.15, 0.2) is 11.8 Å². The molecular weight excluding hydrogens is 524 g/mol. The second-order valence-corrected chi connectivity index (χ2v) is 9.62. The van der Waals surface area contributed by atoms with Gasteiger partial charge in [-0.2, -0.15) is 0 Å². The van der Waals surface area contributed by atoms with Gasteiger partial charge >= 0.3 is 29.8 Å². The summed E-state index contributed by atoms with van der Waals surface area (Å²) in [6, 6.07) is 0. The standard InChI is InChI=1S/C25H34O14/c1-10-17(30)7-15-16(23(31)32-6)8-34-24(19(10)15)39-25-22(37-14(5)29)21(36-13(4)28)20(35-12(3)27)18(38-25)9-33-11(2)26/h8,10,15,17-22,24-25,30H,7,9H2,1-6H3. The number of carbonyl (C=O) groups is 5. The summed E-state index contributed by atoms with van der Waals surface area (Å²) >= 11 is 0. The van der Waals surface area contributed by atoms with Crippen LogP contribution in [0.5, 0.6) is 0 Å². The molecule has 0 amide bonds. The van der Waals surface area contributed by atoms with Crippen molar-refractivity contribution in [3.8, 4) is 0 Å². The van der Waals surface area contributed by atoms with Crippen LogP contribution in [0.2, 0.25) is 0 Å². The number of carbonyl (C=O) groups excluding carboxylic acids is 5. The van der Waals surface area contributed by atoms with Crippen LogP contribution < -0.4 is 0 Å². The first-order chi connectivity index (χ1) is 18.3. The Balaban J connectivity index is 1.99. The average Bonchev–Trinajstić information content (AvgIpc) is 3.14. The molecule has 14 nitrogen and oxygen atoms in total. The number of rotatable bonds is 8. The number of hydrogen-bond donors (Lipinski definition) is 1. The Hall–Kier alpha value is -3.23. The van der Waals surface area contributed by atoms with Gasteiger partial charge in [-0.15, -0.1) is 0 Å². The second-order valence-electron chi connectivity index (χ2n) is 9.62. The molecule has 2 fully saturated rings. The monoisotopic (exact) mass is 558 g/mol. The number of esters is 5. The topological polar surface area (TPSA) is 179 Å². The van der Waals surface area contributed by atoms with Crippen LogP contribution in [0.25, 0.3) is 0 Å². The molecule has 2 aliphatic heterocycles. The zero-order chi connectivity index (χ0) is 29.0. The van der Waals surface area contributed by atoms with Gasteiger partial charge in [0.2, 0.25) is 12.6 Å². The summed E-state index contributed by atoms with van der Waals surface area (Å²) in [5.74, 6) is -5.02. The number of fused-ring (bicyclic) bond motifs is 1. The van der Waals surface area contributed by atoms with Crippen LogP contribution in [-0.2, 0) is 61.9 Å². The van der Waals surface area contributed by atoms with Crippen molar-refractivity contribution >= 4 is 29.8 Å². The summed E-state index contributed by atoms with van der Waals surface area (Å²) in [7, 11) is 1.23. The van der Waals surface area contributed by atoms with Crippen molar-refractivity contribution in [2.24, 2.45) is 17.8 Å². The maximum absolute atomic E-state index is 12.3. The predicted molar refractivity (Wildman–Crippen MR) is 125 cm³/mol. The van der Waals surface area contributed by atoms with Gasteiger partial charge in [0.25, 0.3) is 0 Å². The minimum atomic E-state index is -1.48. The molecule has 0 aromatic heterocycles. The van der Waals surface area contributed by atoms with Crippen molar-refractivity contribution < 1.29 is 67.0 Å². The Morgan fingerprint density at radius 3 is 2.05 bits per heavy atom. The van der Waals surface area contributed by atoms with Crippen molar-refractivity contribution in [3.63, 3.8) is 0 Å². The lowest BCUT2D eigenvalue weighted by Gasteiger charge is -2.46. The van der Waals surface area contributed by atoms with E-state index >= 15 is 0 Å². The number of aliphatic hydroxyl groups excluding tert-OH is 1. The highest BCUT2D eigenvalue weighted by molar-refractivity contribution is 5.89. The molecule has 2 heterocycles. The highest BCUT2D eigenvalue weighted by Crippen LogP contribution is 2.47. The fraction of sp³-hybridized carbons (Fsp3) is 0.720. The fourth-order valence-corrected chi connectivity index (χ4v) is 5.22. The molecule has 1 saturated heterocycles. The first kappa shape index (κ1) is 30.3. The van der Waals surface area contributed by atoms with Gasteiger partial charge in [0.1, 0.15) is 12.7 Å². The average molecular weight is 559 g/mol. The van der Waals surface area contributed by atoms with Gasteiger partial charge in [0.15, 0.2) is 18.3 Å². The molecule has 0 spiro atoms. The first-order valence-corrected chi connectivity index (χ1v) is 12.4. The number of hydrogen-bond acceptors (Lipinski definition) is 14. The molecule has 0 bridgehead atoms. The van der Waals surface area contributed by atoms with Crippen molar-refractivity contribution in [3.05, 3.63) is 11.8 Å². The zero-order valence-corrected chi connectivity index (χ0v) is 22.5. The summed E-state index contributed by atoms with van der Waals surface area (Å²) in [6.07, 6.45) is -7.34. The van der Waals surface area contributed by atoms with Gasteiger partial charge in [-0.05, 0) is 12.3 Å². The van der Waals surface area contributed by atoms with Gasteiger partial charge in [-0.1, -0.05) is 6.92 Å². The highest BCUT2D eigenvalue weighted by Gasteiger charge is 2.56. The Morgan fingerprint density at radius 1 is 0.897 bits per heavy atom. The quantitative estimate of drug-likeness (QED) is 0.314. The molecule has 218 valence electrons. The zero-order valence-electron chi connectivity index (χ0n) is 22.5. The molecule has 3 aliphatic rings. The minimum Gasteiger partial charge on any atom is -0.472 e. The van der Waals surface area contributed by atoms with E-state index in [2.05, 4.69) is 0 Å². The summed E-state index contributed by atoms with van der Waals surface area (Å²) in [4.78, 5) is 59.8. The van der Waals surface area contributed by atoms with E-state index < -0.39 is 91.4 Å². The van der Waals surface area contributed by atoms with E-state index in [-0.39, 0.29) is 17.9 Å². The number of methoxy groups -OCH3 is 1. The molecular formula is C25H34O14. The Kier molecular flexibility index (Phi) is 9.91. The van der Waals surface area contributed by atoms with Gasteiger partial charge in [-0.25, -0.2) is 4.79 Å². The Morgan fingerprint density at radius 2 is 1.49 bits per heavy atom. The normalized spacial score (nSPS) is 35.4. The highest BCUT2D eigenvalue weighted by atomic mass is 16.8. The lowest BCUT2D eigenvalue weighted by Crippen LogP contribution is -2.63. The van der Waals surface area contributed by atoms with Gasteiger partial charge in [-0.3, -0.25) is 19.2 Å². The molecule has 10 unspecified atom stereocenters. The van der Waals surface area contributed by atoms with E-state index in [0.717, 1.165) is 27.7 Å². The van der Waals surface area contributed by atoms with Crippen LogP contribution in [-0.4, -0.2) is 91.8 Å². The molecule has 39 heavy (non-hydrogen) atoms. The molecule has 0 radical (unpaired) electrons. The predicted octanol–water partition coefficient (Wildman–Crippen LogP) is 0.132. The van der Waals surface area contributed by atoms with Crippen molar-refractivity contribution in [2.75, 3.05) is 13.7 Å². The van der Waals surface area contributed by atoms with Crippen molar-refractivity contribution in [1.82, 2.24) is 0 Å². The molecule has 14 heteroatoms. The van der Waals surface area contributed by atoms with Crippen LogP contribution >= 0.6 is 0 Å². The van der Waals surface area contributed by atoms with Crippen molar-refractivity contribution in [2.45, 2.75) is 84.1 Å². The maximum Gasteiger partial charge on any atom is 0.337 e. The van der Waals surface area contributed by atoms with Gasteiger partial charge in [0.05, 0.1) is 25.0 Å². The second kappa shape index (κ2) is 12.7. The number of ether oxygens (including phenoxy) is 8. The maximum atomic E-state index is 12.3. The molecule has 1 saturated carbocycles. The fourth-order valence-electron chi connectivity index (χ4n) is 5.22. The van der Waals surface area contributed by atoms with E-state index in [0.29, 0.717) is 0 Å². The molecule has 10 atom stereocenters. The van der Waals surface area contributed by atoms with E-state index in [1.165, 1.54) is 13.4 Å². The molecule has 3 rings (SSSR count). The van der Waals surface area contributed by atoms with E-state index in [1.54, 1.807) is 6.92 Å². The third-order valence-corrected chi connectivity index (χ3v) is 6.85. The Bertz CT molecular complexity index is 991. The van der Waals surface area contributed by atoms with Crippen LogP contribution in [0.4, 0.5) is 0 Å². The minimum absolute atomic E-state index is 0.229. The largest absolute Gasteiger partial charge is 0.472 e. The lowest BCUT2D eigenvalue weighted by molar-refractivity contribution is -0.345. The van der Waals surface area contributed by atoms with Crippen LogP contribution in [0.3, 0.4) is 0 Å². The summed E-state index contributed by atoms with van der Waals surface area (Å²) in [5.41, 5.74) is 0.229. The van der Waals surface area contributed by atoms with E-state index in [9.17, 15) is 29.1 Å². The third kappa shape index (κ3) is 7.05. The number of aliphatic hydroxyl groups is 1. The van der Waals surface area contributed by atoms with Crippen LogP contribution in [0.1, 0.15) is 41.0 Å². The van der Waals surface area contributed by atoms with Gasteiger partial charge in [0, 0.05) is 39.5 Å².